The number of ether oxygens (including phenoxy) is 2. The summed E-state index contributed by atoms with van der Waals surface area (Å²) in [6, 6.07) is 15.2. The number of primary amides is 1. The Kier molecular flexibility index (Phi) is 5.27. The number of nitrogens with zero attached hydrogens (tertiary/aromatic N) is 1. The summed E-state index contributed by atoms with van der Waals surface area (Å²) >= 11 is 0. The fraction of sp³-hybridized carbons (Fsp3) is 0.0526. The zero-order valence-electron chi connectivity index (χ0n) is 14.0. The van der Waals surface area contributed by atoms with Crippen LogP contribution in [0.2, 0.25) is 0 Å². The van der Waals surface area contributed by atoms with E-state index in [1.807, 2.05) is 30.3 Å². The van der Waals surface area contributed by atoms with Crippen molar-refractivity contribution < 1.29 is 23.9 Å². The molecule has 8 heteroatoms. The van der Waals surface area contributed by atoms with E-state index in [9.17, 15) is 14.4 Å². The van der Waals surface area contributed by atoms with Crippen molar-refractivity contribution in [2.45, 2.75) is 6.61 Å². The van der Waals surface area contributed by atoms with E-state index >= 15 is 0 Å². The minimum Gasteiger partial charge on any atom is -0.457 e. The van der Waals surface area contributed by atoms with Gasteiger partial charge in [0.1, 0.15) is 6.61 Å². The highest BCUT2D eigenvalue weighted by molar-refractivity contribution is 6.04. The summed E-state index contributed by atoms with van der Waals surface area (Å²) in [5.41, 5.74) is 5.86. The molecule has 0 aliphatic carbocycles. The van der Waals surface area contributed by atoms with Crippen LogP contribution in [0.15, 0.2) is 60.9 Å². The van der Waals surface area contributed by atoms with Crippen LogP contribution in [0.3, 0.4) is 0 Å². The monoisotopic (exact) mass is 365 g/mol. The summed E-state index contributed by atoms with van der Waals surface area (Å²) in [6.07, 6.45) is 1.17. The van der Waals surface area contributed by atoms with Gasteiger partial charge >= 0.3 is 11.9 Å². The number of benzene rings is 2. The van der Waals surface area contributed by atoms with Crippen LogP contribution in [-0.2, 0) is 11.3 Å². The van der Waals surface area contributed by atoms with Crippen LogP contribution in [0.1, 0.15) is 36.8 Å². The first-order valence-electron chi connectivity index (χ1n) is 7.91. The molecule has 1 aromatic heterocycles. The van der Waals surface area contributed by atoms with E-state index in [-0.39, 0.29) is 29.3 Å². The molecule has 8 nitrogen and oxygen atoms in total. The quantitative estimate of drug-likeness (QED) is 0.645. The van der Waals surface area contributed by atoms with Crippen molar-refractivity contribution >= 4 is 17.8 Å². The number of hydrogen-bond donors (Lipinski definition) is 2. The number of nitrogens with two attached hydrogens (primary N) is 1. The first kappa shape index (κ1) is 17.9. The van der Waals surface area contributed by atoms with Crippen molar-refractivity contribution in [2.24, 2.45) is 5.73 Å². The molecule has 1 heterocycles. The van der Waals surface area contributed by atoms with E-state index in [1.54, 1.807) is 12.1 Å². The van der Waals surface area contributed by atoms with E-state index in [2.05, 4.69) is 9.97 Å². The van der Waals surface area contributed by atoms with E-state index in [0.717, 1.165) is 5.56 Å². The van der Waals surface area contributed by atoms with Gasteiger partial charge in [0, 0.05) is 0 Å². The van der Waals surface area contributed by atoms with Crippen molar-refractivity contribution in [1.29, 1.82) is 0 Å². The molecular formula is C19H15N3O5. The summed E-state index contributed by atoms with van der Waals surface area (Å²) in [5, 5.41) is 0. The Morgan fingerprint density at radius 3 is 2.22 bits per heavy atom. The summed E-state index contributed by atoms with van der Waals surface area (Å²) < 4.78 is 10.4. The van der Waals surface area contributed by atoms with Crippen LogP contribution < -0.4 is 10.5 Å². The van der Waals surface area contributed by atoms with Crippen LogP contribution >= 0.6 is 0 Å². The molecule has 0 atom stereocenters. The molecule has 2 aromatic carbocycles. The smallest absolute Gasteiger partial charge is 0.345 e. The molecule has 1 amide bonds. The average molecular weight is 365 g/mol. The SMILES string of the molecule is NC(=O)c1[nH]cnc1OC(=O)c1ccccc1C(=O)OCc1ccccc1. The van der Waals surface area contributed by atoms with Crippen molar-refractivity contribution in [3.8, 4) is 5.88 Å². The Morgan fingerprint density at radius 1 is 0.926 bits per heavy atom. The molecule has 0 radical (unpaired) electrons. The van der Waals surface area contributed by atoms with E-state index < -0.39 is 17.8 Å². The third-order valence-corrected chi connectivity index (χ3v) is 3.62. The topological polar surface area (TPSA) is 124 Å². The Hall–Kier alpha value is -3.94. The van der Waals surface area contributed by atoms with Crippen molar-refractivity contribution in [3.63, 3.8) is 0 Å². The highest BCUT2D eigenvalue weighted by atomic mass is 16.5. The van der Waals surface area contributed by atoms with Crippen molar-refractivity contribution in [2.75, 3.05) is 0 Å². The molecule has 0 aliphatic heterocycles. The van der Waals surface area contributed by atoms with Crippen LogP contribution in [0.25, 0.3) is 0 Å². The number of amides is 1. The molecule has 0 spiro atoms. The zero-order valence-corrected chi connectivity index (χ0v) is 14.0. The van der Waals surface area contributed by atoms with Gasteiger partial charge in [-0.3, -0.25) is 4.79 Å². The molecular weight excluding hydrogens is 350 g/mol. The molecule has 0 unspecified atom stereocenters. The molecule has 0 saturated carbocycles. The highest BCUT2D eigenvalue weighted by Gasteiger charge is 2.22. The summed E-state index contributed by atoms with van der Waals surface area (Å²) in [7, 11) is 0. The summed E-state index contributed by atoms with van der Waals surface area (Å²) in [6.45, 7) is 0.0637. The fourth-order valence-corrected chi connectivity index (χ4v) is 2.32. The largest absolute Gasteiger partial charge is 0.457 e. The average Bonchev–Trinajstić information content (AvgIpc) is 3.15. The van der Waals surface area contributed by atoms with Crippen LogP contribution in [-0.4, -0.2) is 27.8 Å². The number of carbonyl (C=O) groups excluding carboxylic acids is 3. The maximum absolute atomic E-state index is 12.5. The lowest BCUT2D eigenvalue weighted by atomic mass is 10.1. The van der Waals surface area contributed by atoms with Crippen LogP contribution in [0.5, 0.6) is 5.88 Å². The lowest BCUT2D eigenvalue weighted by molar-refractivity contribution is 0.0464. The third-order valence-electron chi connectivity index (χ3n) is 3.62. The van der Waals surface area contributed by atoms with Crippen molar-refractivity contribution in [3.05, 3.63) is 83.3 Å². The lowest BCUT2D eigenvalue weighted by Gasteiger charge is -2.09. The first-order valence-corrected chi connectivity index (χ1v) is 7.91. The number of hydrogen-bond acceptors (Lipinski definition) is 6. The molecule has 27 heavy (non-hydrogen) atoms. The molecule has 136 valence electrons. The van der Waals surface area contributed by atoms with Crippen LogP contribution in [0, 0.1) is 0 Å². The van der Waals surface area contributed by atoms with Gasteiger partial charge in [0.15, 0.2) is 5.69 Å². The molecule has 3 N–H and O–H groups in total. The van der Waals surface area contributed by atoms with Crippen LogP contribution in [0.4, 0.5) is 0 Å². The summed E-state index contributed by atoms with van der Waals surface area (Å²) in [4.78, 5) is 42.3. The van der Waals surface area contributed by atoms with Crippen molar-refractivity contribution in [1.82, 2.24) is 9.97 Å². The van der Waals surface area contributed by atoms with Gasteiger partial charge < -0.3 is 20.2 Å². The van der Waals surface area contributed by atoms with Gasteiger partial charge in [-0.1, -0.05) is 42.5 Å². The number of esters is 2. The van der Waals surface area contributed by atoms with Gasteiger partial charge in [-0.05, 0) is 17.7 Å². The van der Waals surface area contributed by atoms with E-state index in [1.165, 1.54) is 18.5 Å². The predicted octanol–water partition coefficient (Wildman–Crippen LogP) is 2.08. The maximum atomic E-state index is 12.5. The molecule has 3 aromatic rings. The fourth-order valence-electron chi connectivity index (χ4n) is 2.32. The number of aromatic amines is 1. The molecule has 0 bridgehead atoms. The van der Waals surface area contributed by atoms with Gasteiger partial charge in [-0.2, -0.15) is 0 Å². The number of imidazole rings is 1. The minimum absolute atomic E-state index is 0.0195. The molecule has 3 rings (SSSR count). The van der Waals surface area contributed by atoms with Gasteiger partial charge in [-0.15, -0.1) is 0 Å². The number of rotatable bonds is 6. The highest BCUT2D eigenvalue weighted by Crippen LogP contribution is 2.17. The molecule has 0 fully saturated rings. The molecule has 0 saturated heterocycles. The molecule has 0 aliphatic rings. The second-order valence-electron chi connectivity index (χ2n) is 5.44. The lowest BCUT2D eigenvalue weighted by Crippen LogP contribution is -2.18. The van der Waals surface area contributed by atoms with Gasteiger partial charge in [-0.25, -0.2) is 14.6 Å². The number of aromatic nitrogens is 2. The number of nitrogens with one attached hydrogen (secondary N) is 1. The third kappa shape index (κ3) is 4.18. The normalized spacial score (nSPS) is 10.2. The first-order chi connectivity index (χ1) is 13.1. The Labute approximate surface area is 153 Å². The Morgan fingerprint density at radius 2 is 1.56 bits per heavy atom. The summed E-state index contributed by atoms with van der Waals surface area (Å²) in [5.74, 6) is -2.63. The predicted molar refractivity (Wildman–Crippen MR) is 94.1 cm³/mol. The van der Waals surface area contributed by atoms with E-state index in [4.69, 9.17) is 15.2 Å². The Balaban J connectivity index is 1.76. The number of carbonyl (C=O) groups is 3. The standard InChI is InChI=1S/C19H15N3O5/c20-16(23)15-17(22-11-21-15)27-19(25)14-9-5-4-8-13(14)18(24)26-10-12-6-2-1-3-7-12/h1-9,11H,10H2,(H2,20,23)(H,21,22). The van der Waals surface area contributed by atoms with Gasteiger partial charge in [0.2, 0.25) is 0 Å². The second kappa shape index (κ2) is 7.96. The van der Waals surface area contributed by atoms with Gasteiger partial charge in [0.25, 0.3) is 11.8 Å². The van der Waals surface area contributed by atoms with E-state index in [0.29, 0.717) is 0 Å². The maximum Gasteiger partial charge on any atom is 0.345 e. The van der Waals surface area contributed by atoms with Gasteiger partial charge in [0.05, 0.1) is 17.5 Å². The minimum atomic E-state index is -0.864. The number of H-pyrrole nitrogens is 1. The Bertz CT molecular complexity index is 982. The second-order valence-corrected chi connectivity index (χ2v) is 5.44. The zero-order chi connectivity index (χ0) is 19.2.